The molecule has 0 unspecified atom stereocenters. The average molecular weight is 515 g/mol. The van der Waals surface area contributed by atoms with Crippen LogP contribution in [0.1, 0.15) is 41.3 Å². The van der Waals surface area contributed by atoms with Crippen molar-refractivity contribution in [2.24, 2.45) is 0 Å². The molecule has 0 saturated carbocycles. The highest BCUT2D eigenvalue weighted by Crippen LogP contribution is 2.25. The molecule has 0 aliphatic carbocycles. The number of nitrogens with zero attached hydrogens (tertiary/aromatic N) is 3. The lowest BCUT2D eigenvalue weighted by atomic mass is 10.0. The van der Waals surface area contributed by atoms with Crippen LogP contribution in [0.25, 0.3) is 38.8 Å². The first-order valence-electron chi connectivity index (χ1n) is 12.8. The third-order valence-corrected chi connectivity index (χ3v) is 6.86. The predicted molar refractivity (Wildman–Crippen MR) is 154 cm³/mol. The van der Waals surface area contributed by atoms with E-state index in [-0.39, 0.29) is 5.91 Å². The van der Waals surface area contributed by atoms with Crippen molar-refractivity contribution in [3.05, 3.63) is 118 Å². The van der Waals surface area contributed by atoms with Gasteiger partial charge in [0.2, 0.25) is 0 Å². The second-order valence-electron chi connectivity index (χ2n) is 9.91. The van der Waals surface area contributed by atoms with E-state index in [4.69, 9.17) is 4.42 Å². The van der Waals surface area contributed by atoms with E-state index >= 15 is 0 Å². The van der Waals surface area contributed by atoms with Crippen LogP contribution in [0.15, 0.2) is 100 Å². The second kappa shape index (κ2) is 9.68. The molecular weight excluding hydrogens is 488 g/mol. The molecule has 0 atom stereocenters. The van der Waals surface area contributed by atoms with Crippen LogP contribution in [0.3, 0.4) is 0 Å². The summed E-state index contributed by atoms with van der Waals surface area (Å²) in [4.78, 5) is 27.2. The Hall–Kier alpha value is -5.04. The first-order valence-corrected chi connectivity index (χ1v) is 12.8. The number of fused-ring (bicyclic) bond motifs is 2. The molecule has 0 radical (unpaired) electrons. The summed E-state index contributed by atoms with van der Waals surface area (Å²) in [5.74, 6) is 0.193. The average Bonchev–Trinajstić information content (AvgIpc) is 3.35. The van der Waals surface area contributed by atoms with Crippen LogP contribution in [0.2, 0.25) is 0 Å². The normalized spacial score (nSPS) is 11.4. The number of nitrogens with one attached hydrogen (secondary N) is 1. The third kappa shape index (κ3) is 4.70. The minimum atomic E-state index is -0.418. The lowest BCUT2D eigenvalue weighted by Crippen LogP contribution is -2.13. The van der Waals surface area contributed by atoms with Crippen molar-refractivity contribution in [1.82, 2.24) is 15.0 Å². The van der Waals surface area contributed by atoms with Gasteiger partial charge in [0.05, 0.1) is 11.3 Å². The van der Waals surface area contributed by atoms with Crippen molar-refractivity contribution in [1.29, 1.82) is 0 Å². The topological polar surface area (TPSA) is 90.0 Å². The molecule has 4 aromatic carbocycles. The molecule has 0 aliphatic heterocycles. The number of aromatic nitrogens is 3. The summed E-state index contributed by atoms with van der Waals surface area (Å²) >= 11 is 0. The molecule has 0 fully saturated rings. The van der Waals surface area contributed by atoms with Crippen molar-refractivity contribution in [2.45, 2.75) is 26.7 Å². The Bertz CT molecular complexity index is 1900. The first kappa shape index (κ1) is 24.3. The zero-order chi connectivity index (χ0) is 27.1. The number of hydrogen-bond acceptors (Lipinski definition) is 5. The van der Waals surface area contributed by atoms with Crippen LogP contribution in [-0.4, -0.2) is 20.9 Å². The van der Waals surface area contributed by atoms with Gasteiger partial charge >= 0.3 is 5.63 Å². The Morgan fingerprint density at radius 3 is 2.28 bits per heavy atom. The van der Waals surface area contributed by atoms with Gasteiger partial charge in [-0.05, 0) is 78.1 Å². The largest absolute Gasteiger partial charge is 0.422 e. The molecule has 7 nitrogen and oxygen atoms in total. The Balaban J connectivity index is 1.23. The lowest BCUT2D eigenvalue weighted by Gasteiger charge is -2.09. The Labute approximate surface area is 224 Å². The number of para-hydroxylation sites is 1. The van der Waals surface area contributed by atoms with Gasteiger partial charge in [-0.2, -0.15) is 4.80 Å². The van der Waals surface area contributed by atoms with Crippen LogP contribution >= 0.6 is 0 Å². The SMILES string of the molecule is Cc1cc2nn(-c3ccc(C(C)C)cc3)nc2cc1NC(=O)c1ccc(-c2cc3ccccc3oc2=O)cc1. The molecular formula is C32H26N4O3. The molecule has 192 valence electrons. The van der Waals surface area contributed by atoms with Crippen LogP contribution in [0, 0.1) is 6.92 Å². The number of benzene rings is 4. The Morgan fingerprint density at radius 2 is 1.56 bits per heavy atom. The monoisotopic (exact) mass is 514 g/mol. The molecule has 7 heteroatoms. The predicted octanol–water partition coefficient (Wildman–Crippen LogP) is 6.88. The second-order valence-corrected chi connectivity index (χ2v) is 9.91. The van der Waals surface area contributed by atoms with E-state index in [2.05, 4.69) is 41.5 Å². The lowest BCUT2D eigenvalue weighted by molar-refractivity contribution is 0.102. The van der Waals surface area contributed by atoms with Gasteiger partial charge < -0.3 is 9.73 Å². The minimum absolute atomic E-state index is 0.258. The van der Waals surface area contributed by atoms with E-state index in [1.165, 1.54) is 5.56 Å². The summed E-state index contributed by atoms with van der Waals surface area (Å²) in [5, 5.41) is 13.1. The van der Waals surface area contributed by atoms with Gasteiger partial charge in [0.15, 0.2) is 0 Å². The highest BCUT2D eigenvalue weighted by Gasteiger charge is 2.14. The number of rotatable bonds is 5. The summed E-state index contributed by atoms with van der Waals surface area (Å²) in [5.41, 5.74) is 6.82. The van der Waals surface area contributed by atoms with E-state index in [1.807, 2.05) is 49.4 Å². The van der Waals surface area contributed by atoms with E-state index in [0.29, 0.717) is 39.4 Å². The number of carbonyl (C=O) groups excluding carboxylic acids is 1. The first-order chi connectivity index (χ1) is 18.9. The highest BCUT2D eigenvalue weighted by molar-refractivity contribution is 6.05. The van der Waals surface area contributed by atoms with E-state index < -0.39 is 5.63 Å². The molecule has 1 N–H and O–H groups in total. The van der Waals surface area contributed by atoms with Gasteiger partial charge in [-0.3, -0.25) is 4.79 Å². The molecule has 0 spiro atoms. The minimum Gasteiger partial charge on any atom is -0.422 e. The molecule has 6 aromatic rings. The van der Waals surface area contributed by atoms with Crippen LogP contribution in [0.4, 0.5) is 5.69 Å². The van der Waals surface area contributed by atoms with Crippen molar-refractivity contribution >= 4 is 33.6 Å². The van der Waals surface area contributed by atoms with Gasteiger partial charge in [0.1, 0.15) is 16.6 Å². The Morgan fingerprint density at radius 1 is 0.872 bits per heavy atom. The number of aryl methyl sites for hydroxylation is 1. The summed E-state index contributed by atoms with van der Waals surface area (Å²) in [6.45, 7) is 6.24. The molecule has 1 amide bonds. The van der Waals surface area contributed by atoms with E-state index in [1.54, 1.807) is 41.2 Å². The van der Waals surface area contributed by atoms with Gasteiger partial charge in [0.25, 0.3) is 5.91 Å². The smallest absolute Gasteiger partial charge is 0.344 e. The zero-order valence-electron chi connectivity index (χ0n) is 21.8. The van der Waals surface area contributed by atoms with E-state index in [0.717, 1.165) is 22.2 Å². The van der Waals surface area contributed by atoms with E-state index in [9.17, 15) is 9.59 Å². The fraction of sp³-hybridized carbons (Fsp3) is 0.125. The third-order valence-electron chi connectivity index (χ3n) is 6.86. The fourth-order valence-corrected chi connectivity index (χ4v) is 4.57. The van der Waals surface area contributed by atoms with Gasteiger partial charge in [-0.25, -0.2) is 4.79 Å². The number of amides is 1. The maximum Gasteiger partial charge on any atom is 0.344 e. The highest BCUT2D eigenvalue weighted by atomic mass is 16.4. The number of anilines is 1. The summed E-state index contributed by atoms with van der Waals surface area (Å²) in [6.07, 6.45) is 0. The van der Waals surface area contributed by atoms with Gasteiger partial charge in [0, 0.05) is 16.6 Å². The van der Waals surface area contributed by atoms with Crippen molar-refractivity contribution in [3.63, 3.8) is 0 Å². The zero-order valence-corrected chi connectivity index (χ0v) is 21.8. The summed E-state index contributed by atoms with van der Waals surface area (Å²) in [7, 11) is 0. The Kier molecular flexibility index (Phi) is 6.04. The number of carbonyl (C=O) groups is 1. The molecule has 6 rings (SSSR count). The van der Waals surface area contributed by atoms with Crippen molar-refractivity contribution in [3.8, 4) is 16.8 Å². The molecule has 0 saturated heterocycles. The van der Waals surface area contributed by atoms with Gasteiger partial charge in [-0.15, -0.1) is 10.2 Å². The van der Waals surface area contributed by atoms with Crippen LogP contribution < -0.4 is 10.9 Å². The van der Waals surface area contributed by atoms with Crippen LogP contribution in [-0.2, 0) is 0 Å². The summed E-state index contributed by atoms with van der Waals surface area (Å²) in [6, 6.07) is 28.0. The molecule has 39 heavy (non-hydrogen) atoms. The summed E-state index contributed by atoms with van der Waals surface area (Å²) < 4.78 is 5.45. The maximum atomic E-state index is 13.1. The molecule has 2 heterocycles. The quantitative estimate of drug-likeness (QED) is 0.253. The number of hydrogen-bond donors (Lipinski definition) is 1. The molecule has 0 aliphatic rings. The van der Waals surface area contributed by atoms with Gasteiger partial charge in [-0.1, -0.05) is 56.3 Å². The van der Waals surface area contributed by atoms with Crippen molar-refractivity contribution in [2.75, 3.05) is 5.32 Å². The fourth-order valence-electron chi connectivity index (χ4n) is 4.57. The van der Waals surface area contributed by atoms with Crippen molar-refractivity contribution < 1.29 is 9.21 Å². The maximum absolute atomic E-state index is 13.1. The standard InChI is InChI=1S/C32H26N4O3/c1-19(2)21-12-14-25(15-13-21)36-34-28-16-20(3)27(18-29(28)35-36)33-31(37)23-10-8-22(9-11-23)26-17-24-6-4-5-7-30(24)39-32(26)38/h4-19H,1-3H3,(H,33,37). The molecule has 2 aromatic heterocycles. The van der Waals surface area contributed by atoms with Crippen LogP contribution in [0.5, 0.6) is 0 Å². The molecule has 0 bridgehead atoms.